The van der Waals surface area contributed by atoms with Crippen molar-refractivity contribution >= 4 is 17.0 Å². The molecule has 0 spiro atoms. The first-order valence-electron chi connectivity index (χ1n) is 8.52. The van der Waals surface area contributed by atoms with Gasteiger partial charge < -0.3 is 15.6 Å². The third kappa shape index (κ3) is 4.34. The van der Waals surface area contributed by atoms with E-state index in [-0.39, 0.29) is 0 Å². The quantitative estimate of drug-likeness (QED) is 0.554. The zero-order valence-corrected chi connectivity index (χ0v) is 14.2. The van der Waals surface area contributed by atoms with Gasteiger partial charge in [0, 0.05) is 30.2 Å². The zero-order chi connectivity index (χ0) is 16.6. The first-order chi connectivity index (χ1) is 11.9. The predicted octanol–water partition coefficient (Wildman–Crippen LogP) is 3.73. The van der Waals surface area contributed by atoms with Crippen molar-refractivity contribution in [2.75, 3.05) is 20.1 Å². The SMILES string of the molecule is CNC/C=C/c1ccc(CNCCc2c[nH]c3ccccc23)cc1. The van der Waals surface area contributed by atoms with Gasteiger partial charge in [-0.15, -0.1) is 0 Å². The maximum atomic E-state index is 3.53. The van der Waals surface area contributed by atoms with Gasteiger partial charge >= 0.3 is 0 Å². The van der Waals surface area contributed by atoms with Gasteiger partial charge in [-0.05, 0) is 42.8 Å². The standard InChI is InChI=1S/C21H25N3/c1-22-13-4-5-17-8-10-18(11-9-17)15-23-14-12-19-16-24-21-7-3-2-6-20(19)21/h2-11,16,22-24H,12-15H2,1H3/b5-4+. The first-order valence-corrected chi connectivity index (χ1v) is 8.52. The number of fused-ring (bicyclic) bond motifs is 1. The number of rotatable bonds is 8. The lowest BCUT2D eigenvalue weighted by molar-refractivity contribution is 0.688. The minimum atomic E-state index is 0.900. The fourth-order valence-electron chi connectivity index (χ4n) is 2.85. The molecule has 0 unspecified atom stereocenters. The van der Waals surface area contributed by atoms with Gasteiger partial charge in [0.1, 0.15) is 0 Å². The van der Waals surface area contributed by atoms with E-state index < -0.39 is 0 Å². The van der Waals surface area contributed by atoms with Gasteiger partial charge in [-0.1, -0.05) is 54.6 Å². The molecule has 0 bridgehead atoms. The summed E-state index contributed by atoms with van der Waals surface area (Å²) in [6, 6.07) is 17.2. The molecule has 0 aliphatic rings. The minimum absolute atomic E-state index is 0.900. The van der Waals surface area contributed by atoms with Crippen LogP contribution in [-0.2, 0) is 13.0 Å². The normalized spacial score (nSPS) is 11.5. The van der Waals surface area contributed by atoms with Crippen LogP contribution in [0.2, 0.25) is 0 Å². The van der Waals surface area contributed by atoms with E-state index in [2.05, 4.69) is 82.5 Å². The van der Waals surface area contributed by atoms with E-state index in [4.69, 9.17) is 0 Å². The summed E-state index contributed by atoms with van der Waals surface area (Å²) >= 11 is 0. The van der Waals surface area contributed by atoms with Crippen LogP contribution in [-0.4, -0.2) is 25.1 Å². The summed E-state index contributed by atoms with van der Waals surface area (Å²) in [7, 11) is 1.95. The molecule has 2 aromatic carbocycles. The van der Waals surface area contributed by atoms with Gasteiger partial charge in [0.05, 0.1) is 0 Å². The van der Waals surface area contributed by atoms with Crippen molar-refractivity contribution in [1.82, 2.24) is 15.6 Å². The Morgan fingerprint density at radius 2 is 1.88 bits per heavy atom. The van der Waals surface area contributed by atoms with Gasteiger partial charge in [-0.3, -0.25) is 0 Å². The highest BCUT2D eigenvalue weighted by atomic mass is 14.8. The summed E-state index contributed by atoms with van der Waals surface area (Å²) < 4.78 is 0. The molecule has 0 aliphatic heterocycles. The van der Waals surface area contributed by atoms with Crippen LogP contribution < -0.4 is 10.6 Å². The van der Waals surface area contributed by atoms with Crippen LogP contribution in [0.25, 0.3) is 17.0 Å². The van der Waals surface area contributed by atoms with E-state index in [0.29, 0.717) is 0 Å². The Bertz CT molecular complexity index is 784. The maximum Gasteiger partial charge on any atom is 0.0456 e. The Labute approximate surface area is 143 Å². The van der Waals surface area contributed by atoms with E-state index >= 15 is 0 Å². The highest BCUT2D eigenvalue weighted by Gasteiger charge is 2.02. The van der Waals surface area contributed by atoms with Crippen LogP contribution in [0.3, 0.4) is 0 Å². The van der Waals surface area contributed by atoms with Crippen molar-refractivity contribution < 1.29 is 0 Å². The summed E-state index contributed by atoms with van der Waals surface area (Å²) in [6.45, 7) is 2.78. The predicted molar refractivity (Wildman–Crippen MR) is 103 cm³/mol. The Hall–Kier alpha value is -2.36. The summed E-state index contributed by atoms with van der Waals surface area (Å²) in [4.78, 5) is 3.34. The van der Waals surface area contributed by atoms with Crippen molar-refractivity contribution in [2.24, 2.45) is 0 Å². The van der Waals surface area contributed by atoms with Crippen LogP contribution in [0.4, 0.5) is 0 Å². The zero-order valence-electron chi connectivity index (χ0n) is 14.2. The molecule has 124 valence electrons. The van der Waals surface area contributed by atoms with Crippen LogP contribution >= 0.6 is 0 Å². The lowest BCUT2D eigenvalue weighted by Crippen LogP contribution is -2.16. The molecule has 0 aliphatic carbocycles. The molecule has 3 nitrogen and oxygen atoms in total. The summed E-state index contributed by atoms with van der Waals surface area (Å²) in [5.41, 5.74) is 5.16. The summed E-state index contributed by atoms with van der Waals surface area (Å²) in [6.07, 6.45) is 7.44. The van der Waals surface area contributed by atoms with E-state index in [0.717, 1.165) is 26.1 Å². The Morgan fingerprint density at radius 1 is 1.04 bits per heavy atom. The molecule has 0 amide bonds. The molecule has 0 saturated heterocycles. The van der Waals surface area contributed by atoms with Crippen molar-refractivity contribution in [1.29, 1.82) is 0 Å². The second-order valence-corrected chi connectivity index (χ2v) is 5.99. The van der Waals surface area contributed by atoms with Crippen molar-refractivity contribution in [3.8, 4) is 0 Å². The van der Waals surface area contributed by atoms with Gasteiger partial charge in [0.15, 0.2) is 0 Å². The van der Waals surface area contributed by atoms with Crippen molar-refractivity contribution in [3.05, 3.63) is 77.5 Å². The second-order valence-electron chi connectivity index (χ2n) is 5.99. The lowest BCUT2D eigenvalue weighted by Gasteiger charge is -2.05. The minimum Gasteiger partial charge on any atom is -0.361 e. The third-order valence-electron chi connectivity index (χ3n) is 4.19. The van der Waals surface area contributed by atoms with Gasteiger partial charge in [0.2, 0.25) is 0 Å². The van der Waals surface area contributed by atoms with Gasteiger partial charge in [-0.25, -0.2) is 0 Å². The number of likely N-dealkylation sites (N-methyl/N-ethyl adjacent to an activating group) is 1. The molecule has 0 radical (unpaired) electrons. The molecule has 1 heterocycles. The number of benzene rings is 2. The largest absolute Gasteiger partial charge is 0.361 e. The van der Waals surface area contributed by atoms with Gasteiger partial charge in [-0.2, -0.15) is 0 Å². The fraction of sp³-hybridized carbons (Fsp3) is 0.238. The molecular weight excluding hydrogens is 294 g/mol. The number of H-pyrrole nitrogens is 1. The molecule has 3 aromatic rings. The topological polar surface area (TPSA) is 39.8 Å². The fourth-order valence-corrected chi connectivity index (χ4v) is 2.85. The molecule has 0 saturated carbocycles. The van der Waals surface area contributed by atoms with E-state index in [1.807, 2.05) is 7.05 Å². The average molecular weight is 319 g/mol. The monoisotopic (exact) mass is 319 g/mol. The summed E-state index contributed by atoms with van der Waals surface area (Å²) in [5, 5.41) is 7.97. The molecule has 0 atom stereocenters. The van der Waals surface area contributed by atoms with Crippen LogP contribution in [0.5, 0.6) is 0 Å². The molecule has 1 aromatic heterocycles. The van der Waals surface area contributed by atoms with E-state index in [9.17, 15) is 0 Å². The summed E-state index contributed by atoms with van der Waals surface area (Å²) in [5.74, 6) is 0. The molecule has 3 rings (SSSR count). The average Bonchev–Trinajstić information content (AvgIpc) is 3.03. The highest BCUT2D eigenvalue weighted by Crippen LogP contribution is 2.17. The van der Waals surface area contributed by atoms with Crippen LogP contribution in [0.1, 0.15) is 16.7 Å². The third-order valence-corrected chi connectivity index (χ3v) is 4.19. The highest BCUT2D eigenvalue weighted by molar-refractivity contribution is 5.83. The number of aromatic amines is 1. The lowest BCUT2D eigenvalue weighted by atomic mass is 10.1. The van der Waals surface area contributed by atoms with E-state index in [1.165, 1.54) is 27.6 Å². The molecule has 3 N–H and O–H groups in total. The Morgan fingerprint density at radius 3 is 2.71 bits per heavy atom. The van der Waals surface area contributed by atoms with Crippen molar-refractivity contribution in [2.45, 2.75) is 13.0 Å². The molecule has 0 fully saturated rings. The smallest absolute Gasteiger partial charge is 0.0456 e. The van der Waals surface area contributed by atoms with Gasteiger partial charge in [0.25, 0.3) is 0 Å². The number of nitrogens with one attached hydrogen (secondary N) is 3. The number of para-hydroxylation sites is 1. The van der Waals surface area contributed by atoms with Crippen LogP contribution in [0, 0.1) is 0 Å². The molecular formula is C21H25N3. The molecule has 3 heteroatoms. The maximum absolute atomic E-state index is 3.53. The Kier molecular flexibility index (Phi) is 5.83. The van der Waals surface area contributed by atoms with Crippen LogP contribution in [0.15, 0.2) is 60.8 Å². The molecule has 24 heavy (non-hydrogen) atoms. The first kappa shape index (κ1) is 16.5. The number of hydrogen-bond acceptors (Lipinski definition) is 2. The Balaban J connectivity index is 1.46. The second kappa shape index (κ2) is 8.48. The number of hydrogen-bond donors (Lipinski definition) is 3. The number of aromatic nitrogens is 1. The van der Waals surface area contributed by atoms with Crippen molar-refractivity contribution in [3.63, 3.8) is 0 Å². The van der Waals surface area contributed by atoms with E-state index in [1.54, 1.807) is 0 Å².